The second-order valence-corrected chi connectivity index (χ2v) is 11.5. The lowest BCUT2D eigenvalue weighted by atomic mass is 10.0. The van der Waals surface area contributed by atoms with Gasteiger partial charge < -0.3 is 15.0 Å². The maximum Gasteiger partial charge on any atom is 0.310 e. The fraction of sp³-hybridized carbons (Fsp3) is 0.423. The molecule has 2 aliphatic heterocycles. The summed E-state index contributed by atoms with van der Waals surface area (Å²) in [6.45, 7) is 3.43. The number of methoxy groups -OCH3 is 1. The molecule has 3 heterocycles. The summed E-state index contributed by atoms with van der Waals surface area (Å²) >= 11 is 0. The summed E-state index contributed by atoms with van der Waals surface area (Å²) in [6, 6.07) is 7.98. The first kappa shape index (κ1) is 27.4. The molecule has 1 aromatic carbocycles. The van der Waals surface area contributed by atoms with Gasteiger partial charge in [-0.1, -0.05) is 19.9 Å². The average molecular weight is 543 g/mol. The number of carbonyl (C=O) groups excluding carboxylic acids is 4. The fourth-order valence-corrected chi connectivity index (χ4v) is 6.41. The molecule has 2 fully saturated rings. The largest absolute Gasteiger partial charge is 0.497 e. The Morgan fingerprint density at radius 1 is 1.13 bits per heavy atom. The van der Waals surface area contributed by atoms with Crippen molar-refractivity contribution in [3.8, 4) is 5.75 Å². The van der Waals surface area contributed by atoms with Gasteiger partial charge >= 0.3 is 5.12 Å². The summed E-state index contributed by atoms with van der Waals surface area (Å²) < 4.78 is 32.3. The molecular weight excluding hydrogens is 512 g/mol. The van der Waals surface area contributed by atoms with Crippen LogP contribution in [0.1, 0.15) is 47.5 Å². The van der Waals surface area contributed by atoms with Crippen molar-refractivity contribution >= 4 is 32.7 Å². The second kappa shape index (κ2) is 11.0. The molecule has 0 spiro atoms. The first-order chi connectivity index (χ1) is 18.0. The molecular formula is C26H30N4O7S. The van der Waals surface area contributed by atoms with Crippen molar-refractivity contribution in [2.75, 3.05) is 20.2 Å². The van der Waals surface area contributed by atoms with Crippen LogP contribution in [0.4, 0.5) is 0 Å². The number of fused-ring (bicyclic) bond motifs is 1. The van der Waals surface area contributed by atoms with Crippen LogP contribution in [0.3, 0.4) is 0 Å². The summed E-state index contributed by atoms with van der Waals surface area (Å²) in [5, 5.41) is 1.58. The molecule has 4 rings (SSSR count). The van der Waals surface area contributed by atoms with Crippen LogP contribution in [-0.4, -0.2) is 83.6 Å². The zero-order chi connectivity index (χ0) is 27.6. The third kappa shape index (κ3) is 5.32. The van der Waals surface area contributed by atoms with E-state index in [1.807, 2.05) is 13.8 Å². The van der Waals surface area contributed by atoms with E-state index in [1.165, 1.54) is 30.3 Å². The van der Waals surface area contributed by atoms with E-state index in [9.17, 15) is 27.6 Å². The highest BCUT2D eigenvalue weighted by Gasteiger charge is 2.55. The van der Waals surface area contributed by atoms with Gasteiger partial charge in [-0.3, -0.25) is 24.2 Å². The van der Waals surface area contributed by atoms with E-state index >= 15 is 0 Å². The van der Waals surface area contributed by atoms with Gasteiger partial charge in [0.2, 0.25) is 5.91 Å². The number of benzene rings is 1. The lowest BCUT2D eigenvalue weighted by Crippen LogP contribution is -2.53. The van der Waals surface area contributed by atoms with Gasteiger partial charge in [0, 0.05) is 18.3 Å². The Morgan fingerprint density at radius 2 is 1.84 bits per heavy atom. The van der Waals surface area contributed by atoms with Gasteiger partial charge in [0.25, 0.3) is 15.9 Å². The van der Waals surface area contributed by atoms with Crippen molar-refractivity contribution < 1.29 is 32.3 Å². The normalized spacial score (nSPS) is 20.3. The number of Topliss-reactive ketones (excluding diaryl/α,β-unsaturated/α-hetero) is 1. The molecule has 0 bridgehead atoms. The molecule has 2 aromatic rings. The predicted molar refractivity (Wildman–Crippen MR) is 137 cm³/mol. The van der Waals surface area contributed by atoms with Crippen molar-refractivity contribution in [2.45, 2.75) is 44.8 Å². The van der Waals surface area contributed by atoms with E-state index in [-0.39, 0.29) is 24.6 Å². The number of hydrogen-bond donors (Lipinski definition) is 1. The van der Waals surface area contributed by atoms with E-state index in [4.69, 9.17) is 4.74 Å². The molecule has 2 saturated heterocycles. The van der Waals surface area contributed by atoms with E-state index in [0.717, 1.165) is 4.31 Å². The Balaban J connectivity index is 1.53. The Labute approximate surface area is 221 Å². The number of rotatable bonds is 8. The number of ether oxygens (including phenoxy) is 1. The predicted octanol–water partition coefficient (Wildman–Crippen LogP) is 1.26. The molecule has 2 amide bonds. The van der Waals surface area contributed by atoms with Gasteiger partial charge in [0.15, 0.2) is 5.78 Å². The molecule has 3 atom stereocenters. The topological polar surface area (TPSA) is 143 Å². The number of hydrogen-bond acceptors (Lipinski definition) is 8. The van der Waals surface area contributed by atoms with Gasteiger partial charge in [0.1, 0.15) is 23.5 Å². The van der Waals surface area contributed by atoms with Gasteiger partial charge in [-0.25, -0.2) is 8.42 Å². The second-order valence-electron chi connectivity index (χ2n) is 9.74. The maximum atomic E-state index is 13.6. The van der Waals surface area contributed by atoms with Crippen molar-refractivity contribution in [3.63, 3.8) is 0 Å². The number of nitrogens with zero attached hydrogens (tertiary/aromatic N) is 3. The monoisotopic (exact) mass is 542 g/mol. The number of nitrogens with one attached hydrogen (secondary N) is 1. The summed E-state index contributed by atoms with van der Waals surface area (Å²) in [5.41, 5.74) is 0.0986. The Bertz CT molecular complexity index is 1330. The van der Waals surface area contributed by atoms with Crippen molar-refractivity contribution in [2.24, 2.45) is 5.92 Å². The van der Waals surface area contributed by atoms with Crippen molar-refractivity contribution in [1.82, 2.24) is 19.5 Å². The molecule has 1 N–H and O–H groups in total. The van der Waals surface area contributed by atoms with E-state index < -0.39 is 57.4 Å². The maximum absolute atomic E-state index is 13.6. The van der Waals surface area contributed by atoms with Gasteiger partial charge in [-0.05, 0) is 55.2 Å². The minimum atomic E-state index is -4.53. The van der Waals surface area contributed by atoms with Crippen LogP contribution in [0.5, 0.6) is 5.75 Å². The Hall–Kier alpha value is -3.64. The highest BCUT2D eigenvalue weighted by molar-refractivity contribution is 8.04. The Morgan fingerprint density at radius 3 is 2.45 bits per heavy atom. The van der Waals surface area contributed by atoms with E-state index in [0.29, 0.717) is 17.7 Å². The van der Waals surface area contributed by atoms with Crippen LogP contribution in [-0.2, 0) is 19.6 Å². The van der Waals surface area contributed by atoms with E-state index in [1.54, 1.807) is 30.3 Å². The molecule has 0 aliphatic carbocycles. The highest BCUT2D eigenvalue weighted by atomic mass is 32.2. The molecule has 0 radical (unpaired) electrons. The van der Waals surface area contributed by atoms with E-state index in [2.05, 4.69) is 10.3 Å². The number of pyridine rings is 1. The minimum absolute atomic E-state index is 0.0469. The molecule has 202 valence electrons. The van der Waals surface area contributed by atoms with Crippen LogP contribution in [0.25, 0.3) is 0 Å². The highest BCUT2D eigenvalue weighted by Crippen LogP contribution is 2.33. The quantitative estimate of drug-likeness (QED) is 0.525. The Kier molecular flexibility index (Phi) is 7.93. The summed E-state index contributed by atoms with van der Waals surface area (Å²) in [5.74, 6) is -0.754. The number of likely N-dealkylation sites (tertiary alicyclic amines) is 1. The smallest absolute Gasteiger partial charge is 0.310 e. The van der Waals surface area contributed by atoms with Gasteiger partial charge in [-0.2, -0.15) is 4.31 Å². The van der Waals surface area contributed by atoms with Crippen LogP contribution < -0.4 is 10.1 Å². The summed E-state index contributed by atoms with van der Waals surface area (Å²) in [7, 11) is -3.02. The molecule has 0 saturated carbocycles. The summed E-state index contributed by atoms with van der Waals surface area (Å²) in [4.78, 5) is 57.5. The molecule has 12 heteroatoms. The molecule has 3 unspecified atom stereocenters. The molecule has 11 nitrogen and oxygen atoms in total. The number of carbonyl (C=O) groups is 4. The molecule has 2 aliphatic rings. The van der Waals surface area contributed by atoms with Crippen LogP contribution >= 0.6 is 0 Å². The zero-order valence-electron chi connectivity index (χ0n) is 21.4. The average Bonchev–Trinajstić information content (AvgIpc) is 3.49. The SMILES string of the molecule is COc1ccc(C(=O)NC(CC(C)C)C(=O)N2CCC3C2C(=O)CN3S(=O)(=O)C(=O)c2ccccn2)cc1. The van der Waals surface area contributed by atoms with Gasteiger partial charge in [-0.15, -0.1) is 0 Å². The number of amides is 2. The lowest BCUT2D eigenvalue weighted by Gasteiger charge is -2.29. The summed E-state index contributed by atoms with van der Waals surface area (Å²) in [6.07, 6.45) is 1.83. The van der Waals surface area contributed by atoms with Crippen molar-refractivity contribution in [3.05, 3.63) is 59.9 Å². The number of aromatic nitrogens is 1. The van der Waals surface area contributed by atoms with Crippen LogP contribution in [0, 0.1) is 5.92 Å². The zero-order valence-corrected chi connectivity index (χ0v) is 22.2. The third-order valence-corrected chi connectivity index (χ3v) is 8.44. The van der Waals surface area contributed by atoms with Gasteiger partial charge in [0.05, 0.1) is 19.7 Å². The van der Waals surface area contributed by atoms with Crippen LogP contribution in [0.15, 0.2) is 48.7 Å². The molecule has 1 aromatic heterocycles. The lowest BCUT2D eigenvalue weighted by molar-refractivity contribution is -0.138. The number of ketones is 1. The number of sulfonamides is 1. The first-order valence-corrected chi connectivity index (χ1v) is 13.7. The minimum Gasteiger partial charge on any atom is -0.497 e. The standard InChI is InChI=1S/C26H30N4O7S/c1-16(2)14-20(28-24(32)17-7-9-18(37-3)10-8-17)25(33)29-13-11-21-23(29)22(31)15-30(21)38(35,36)26(34)19-6-4-5-12-27-19/h4-10,12,16,20-21,23H,11,13-15H2,1-3H3,(H,28,32). The van der Waals surface area contributed by atoms with Crippen molar-refractivity contribution in [1.29, 1.82) is 0 Å². The third-order valence-electron chi connectivity index (χ3n) is 6.74. The fourth-order valence-electron chi connectivity index (χ4n) is 4.94. The van der Waals surface area contributed by atoms with Crippen LogP contribution in [0.2, 0.25) is 0 Å². The molecule has 38 heavy (non-hydrogen) atoms. The first-order valence-electron chi connectivity index (χ1n) is 12.3.